The number of hydrogen-bond acceptors (Lipinski definition) is 4. The van der Waals surface area contributed by atoms with E-state index in [1.165, 1.54) is 0 Å². The van der Waals surface area contributed by atoms with Crippen LogP contribution in [0.4, 0.5) is 13.2 Å². The van der Waals surface area contributed by atoms with Gasteiger partial charge in [-0.1, -0.05) is 0 Å². The molecular weight excluding hydrogens is 215 g/mol. The third kappa shape index (κ3) is 2.30. The van der Waals surface area contributed by atoms with Crippen LogP contribution in [0.15, 0.2) is 10.5 Å². The number of methoxy groups -OCH3 is 1. The Morgan fingerprint density at radius 2 is 2.20 bits per heavy atom. The number of esters is 1. The predicted octanol–water partition coefficient (Wildman–Crippen LogP) is 1.54. The third-order valence-electron chi connectivity index (χ3n) is 1.67. The molecule has 0 spiro atoms. The molecule has 1 aromatic rings. The van der Waals surface area contributed by atoms with Gasteiger partial charge in [0.1, 0.15) is 0 Å². The first-order valence-corrected chi connectivity index (χ1v) is 3.88. The summed E-state index contributed by atoms with van der Waals surface area (Å²) in [6, 6.07) is 0.925. The van der Waals surface area contributed by atoms with Gasteiger partial charge in [0.2, 0.25) is 11.5 Å². The quantitative estimate of drug-likeness (QED) is 0.772. The van der Waals surface area contributed by atoms with E-state index in [9.17, 15) is 18.0 Å². The van der Waals surface area contributed by atoms with Crippen molar-refractivity contribution in [2.24, 2.45) is 5.73 Å². The van der Waals surface area contributed by atoms with Crippen LogP contribution in [0.2, 0.25) is 0 Å². The Hall–Kier alpha value is -1.50. The molecule has 2 N–H and O–H groups in total. The van der Waals surface area contributed by atoms with E-state index >= 15 is 0 Å². The molecule has 0 saturated heterocycles. The van der Waals surface area contributed by atoms with Crippen LogP contribution in [0.1, 0.15) is 21.9 Å². The van der Waals surface area contributed by atoms with Crippen molar-refractivity contribution in [3.63, 3.8) is 0 Å². The van der Waals surface area contributed by atoms with Crippen LogP contribution in [0.25, 0.3) is 0 Å². The number of ether oxygens (including phenoxy) is 1. The Balaban J connectivity index is 3.17. The lowest BCUT2D eigenvalue weighted by atomic mass is 10.2. The molecule has 0 radical (unpaired) electrons. The smallest absolute Gasteiger partial charge is 0.449 e. The summed E-state index contributed by atoms with van der Waals surface area (Å²) in [5.41, 5.74) is 4.82. The van der Waals surface area contributed by atoms with Gasteiger partial charge in [-0.15, -0.1) is 0 Å². The molecular formula is C8H8F3NO3. The van der Waals surface area contributed by atoms with Gasteiger partial charge in [-0.3, -0.25) is 0 Å². The van der Waals surface area contributed by atoms with Crippen LogP contribution >= 0.6 is 0 Å². The highest BCUT2D eigenvalue weighted by atomic mass is 19.4. The van der Waals surface area contributed by atoms with Crippen molar-refractivity contribution in [2.75, 3.05) is 7.11 Å². The molecule has 0 aliphatic heterocycles. The maximum atomic E-state index is 12.3. The Kier molecular flexibility index (Phi) is 3.04. The monoisotopic (exact) mass is 223 g/mol. The first kappa shape index (κ1) is 11.6. The van der Waals surface area contributed by atoms with E-state index in [0.29, 0.717) is 0 Å². The normalized spacial score (nSPS) is 11.5. The van der Waals surface area contributed by atoms with Crippen molar-refractivity contribution < 1.29 is 27.1 Å². The minimum absolute atomic E-state index is 0.275. The van der Waals surface area contributed by atoms with E-state index in [2.05, 4.69) is 9.15 Å². The van der Waals surface area contributed by atoms with Gasteiger partial charge in [0, 0.05) is 12.1 Å². The molecule has 7 heteroatoms. The van der Waals surface area contributed by atoms with Crippen molar-refractivity contribution in [1.82, 2.24) is 0 Å². The van der Waals surface area contributed by atoms with Crippen molar-refractivity contribution >= 4 is 5.97 Å². The Labute approximate surface area is 82.8 Å². The number of rotatable bonds is 2. The molecule has 0 bridgehead atoms. The zero-order valence-electron chi connectivity index (χ0n) is 7.72. The minimum Gasteiger partial charge on any atom is -0.463 e. The summed E-state index contributed by atoms with van der Waals surface area (Å²) < 4.78 is 45.5. The van der Waals surface area contributed by atoms with Gasteiger partial charge >= 0.3 is 12.1 Å². The molecule has 0 atom stereocenters. The summed E-state index contributed by atoms with van der Waals surface area (Å²) in [7, 11) is 1.04. The number of alkyl halides is 3. The van der Waals surface area contributed by atoms with E-state index in [0.717, 1.165) is 13.2 Å². The highest BCUT2D eigenvalue weighted by molar-refractivity contribution is 5.86. The second kappa shape index (κ2) is 3.93. The van der Waals surface area contributed by atoms with Gasteiger partial charge in [0.25, 0.3) is 0 Å². The molecule has 1 heterocycles. The highest BCUT2D eigenvalue weighted by Crippen LogP contribution is 2.34. The summed E-state index contributed by atoms with van der Waals surface area (Å²) >= 11 is 0. The second-order valence-corrected chi connectivity index (χ2v) is 2.66. The average molecular weight is 223 g/mol. The fourth-order valence-corrected chi connectivity index (χ4v) is 1.02. The van der Waals surface area contributed by atoms with Gasteiger partial charge < -0.3 is 14.9 Å². The zero-order valence-corrected chi connectivity index (χ0v) is 7.72. The summed E-state index contributed by atoms with van der Waals surface area (Å²) in [5, 5.41) is 0. The van der Waals surface area contributed by atoms with Crippen LogP contribution in [0.3, 0.4) is 0 Å². The minimum atomic E-state index is -4.67. The SMILES string of the molecule is COC(=O)c1cc(CN)c(C(F)(F)F)o1. The number of furan rings is 1. The van der Waals surface area contributed by atoms with Crippen molar-refractivity contribution in [3.8, 4) is 0 Å². The van der Waals surface area contributed by atoms with E-state index in [1.807, 2.05) is 0 Å². The zero-order chi connectivity index (χ0) is 11.6. The number of hydrogen-bond donors (Lipinski definition) is 1. The molecule has 0 fully saturated rings. The molecule has 1 rings (SSSR count). The maximum Gasteiger partial charge on any atom is 0.449 e. The van der Waals surface area contributed by atoms with Gasteiger partial charge in [-0.25, -0.2) is 4.79 Å². The largest absolute Gasteiger partial charge is 0.463 e. The van der Waals surface area contributed by atoms with Gasteiger partial charge in [0.15, 0.2) is 0 Å². The fraction of sp³-hybridized carbons (Fsp3) is 0.375. The van der Waals surface area contributed by atoms with E-state index < -0.39 is 23.7 Å². The Morgan fingerprint density at radius 1 is 1.60 bits per heavy atom. The fourth-order valence-electron chi connectivity index (χ4n) is 1.02. The molecule has 4 nitrogen and oxygen atoms in total. The number of nitrogens with two attached hydrogens (primary N) is 1. The summed E-state index contributed by atoms with van der Waals surface area (Å²) in [4.78, 5) is 10.9. The summed E-state index contributed by atoms with van der Waals surface area (Å²) in [6.45, 7) is -0.366. The van der Waals surface area contributed by atoms with Crippen LogP contribution in [-0.4, -0.2) is 13.1 Å². The van der Waals surface area contributed by atoms with Crippen LogP contribution < -0.4 is 5.73 Å². The van der Waals surface area contributed by atoms with Gasteiger partial charge in [-0.2, -0.15) is 13.2 Å². The molecule has 1 aromatic heterocycles. The van der Waals surface area contributed by atoms with Crippen LogP contribution in [0.5, 0.6) is 0 Å². The molecule has 0 saturated carbocycles. The van der Waals surface area contributed by atoms with Crippen LogP contribution in [0, 0.1) is 0 Å². The van der Waals surface area contributed by atoms with Crippen molar-refractivity contribution in [2.45, 2.75) is 12.7 Å². The molecule has 15 heavy (non-hydrogen) atoms. The maximum absolute atomic E-state index is 12.3. The Bertz CT molecular complexity index is 370. The second-order valence-electron chi connectivity index (χ2n) is 2.66. The standard InChI is InChI=1S/C8H8F3NO3/c1-14-7(13)5-2-4(3-12)6(15-5)8(9,10)11/h2H,3,12H2,1H3. The molecule has 0 unspecified atom stereocenters. The van der Waals surface area contributed by atoms with Gasteiger partial charge in [0.05, 0.1) is 7.11 Å². The third-order valence-corrected chi connectivity index (χ3v) is 1.67. The molecule has 0 aliphatic rings. The summed E-state index contributed by atoms with van der Waals surface area (Å²) in [5.74, 6) is -2.74. The van der Waals surface area contributed by atoms with Crippen LogP contribution in [-0.2, 0) is 17.5 Å². The van der Waals surface area contributed by atoms with E-state index in [-0.39, 0.29) is 12.1 Å². The lowest BCUT2D eigenvalue weighted by molar-refractivity contribution is -0.153. The molecule has 0 amide bonds. The van der Waals surface area contributed by atoms with Gasteiger partial charge in [-0.05, 0) is 6.07 Å². The molecule has 0 aliphatic carbocycles. The summed E-state index contributed by atoms with van der Waals surface area (Å²) in [6.07, 6.45) is -4.67. The number of carbonyl (C=O) groups excluding carboxylic acids is 1. The van der Waals surface area contributed by atoms with Crippen molar-refractivity contribution in [3.05, 3.63) is 23.2 Å². The predicted molar refractivity (Wildman–Crippen MR) is 42.9 cm³/mol. The number of carbonyl (C=O) groups is 1. The topological polar surface area (TPSA) is 65.5 Å². The van der Waals surface area contributed by atoms with E-state index in [4.69, 9.17) is 5.73 Å². The van der Waals surface area contributed by atoms with E-state index in [1.54, 1.807) is 0 Å². The molecule has 0 aromatic carbocycles. The van der Waals surface area contributed by atoms with Crippen molar-refractivity contribution in [1.29, 1.82) is 0 Å². The Morgan fingerprint density at radius 3 is 2.53 bits per heavy atom. The molecule has 84 valence electrons. The lowest BCUT2D eigenvalue weighted by Gasteiger charge is -2.03. The lowest BCUT2D eigenvalue weighted by Crippen LogP contribution is -2.09. The highest BCUT2D eigenvalue weighted by Gasteiger charge is 2.38. The first-order valence-electron chi connectivity index (χ1n) is 3.88. The first-order chi connectivity index (χ1) is 6.90. The average Bonchev–Trinajstić information content (AvgIpc) is 2.59. The number of halogens is 3.